The van der Waals surface area contributed by atoms with Gasteiger partial charge in [0.05, 0.1) is 12.8 Å². The van der Waals surface area contributed by atoms with Crippen LogP contribution in [0.2, 0.25) is 5.02 Å². The van der Waals surface area contributed by atoms with E-state index >= 15 is 0 Å². The van der Waals surface area contributed by atoms with Crippen LogP contribution in [0.4, 0.5) is 5.95 Å². The molecule has 1 aromatic carbocycles. The van der Waals surface area contributed by atoms with Crippen LogP contribution in [0.3, 0.4) is 0 Å². The number of hydrogen-bond acceptors (Lipinski definition) is 5. The number of ether oxygens (including phenoxy) is 1. The van der Waals surface area contributed by atoms with Crippen LogP contribution in [0.5, 0.6) is 0 Å². The van der Waals surface area contributed by atoms with E-state index in [-0.39, 0.29) is 12.2 Å². The van der Waals surface area contributed by atoms with E-state index in [2.05, 4.69) is 15.3 Å². The summed E-state index contributed by atoms with van der Waals surface area (Å²) in [6.07, 6.45) is 1.89. The highest BCUT2D eigenvalue weighted by molar-refractivity contribution is 6.31. The number of hydrogen-bond donors (Lipinski definition) is 2. The third-order valence-corrected chi connectivity index (χ3v) is 3.31. The topological polar surface area (TPSA) is 84.1 Å². The van der Waals surface area contributed by atoms with Crippen molar-refractivity contribution in [3.63, 3.8) is 0 Å². The van der Waals surface area contributed by atoms with Gasteiger partial charge in [-0.25, -0.2) is 9.78 Å². The molecule has 0 aliphatic carbocycles. The number of benzene rings is 1. The van der Waals surface area contributed by atoms with Crippen molar-refractivity contribution in [1.82, 2.24) is 9.97 Å². The van der Waals surface area contributed by atoms with Gasteiger partial charge in [0.1, 0.15) is 5.56 Å². The van der Waals surface area contributed by atoms with E-state index in [1.54, 1.807) is 6.92 Å². The number of aromatic nitrogens is 2. The minimum Gasteiger partial charge on any atom is -0.462 e. The van der Waals surface area contributed by atoms with E-state index in [1.807, 2.05) is 24.3 Å². The van der Waals surface area contributed by atoms with E-state index in [0.717, 1.165) is 5.56 Å². The van der Waals surface area contributed by atoms with Gasteiger partial charge >= 0.3 is 5.97 Å². The average Bonchev–Trinajstić information content (AvgIpc) is 2.49. The van der Waals surface area contributed by atoms with Gasteiger partial charge in [-0.2, -0.15) is 0 Å². The first-order valence-electron chi connectivity index (χ1n) is 6.85. The highest BCUT2D eigenvalue weighted by Crippen LogP contribution is 2.15. The van der Waals surface area contributed by atoms with Crippen molar-refractivity contribution in [2.75, 3.05) is 18.5 Å². The maximum atomic E-state index is 11.8. The average molecular weight is 322 g/mol. The van der Waals surface area contributed by atoms with E-state index < -0.39 is 11.5 Å². The van der Waals surface area contributed by atoms with Crippen molar-refractivity contribution in [3.05, 3.63) is 57.0 Å². The standard InChI is InChI=1S/C15H16ClN3O3/c1-2-22-14(21)11-9-18-15(19-13(11)20)17-8-7-10-5-3-4-6-12(10)16/h3-6,9H,2,7-8H2,1H3,(H2,17,18,19,20). The maximum Gasteiger partial charge on any atom is 0.345 e. The molecular formula is C15H16ClN3O3. The zero-order chi connectivity index (χ0) is 15.9. The minimum atomic E-state index is -0.682. The number of anilines is 1. The monoisotopic (exact) mass is 321 g/mol. The fourth-order valence-electron chi connectivity index (χ4n) is 1.86. The fourth-order valence-corrected chi connectivity index (χ4v) is 2.09. The number of rotatable bonds is 6. The van der Waals surface area contributed by atoms with Crippen LogP contribution < -0.4 is 10.9 Å². The second kappa shape index (κ2) is 7.61. The SMILES string of the molecule is CCOC(=O)c1cnc(NCCc2ccccc2Cl)[nH]c1=O. The summed E-state index contributed by atoms with van der Waals surface area (Å²) in [7, 11) is 0. The van der Waals surface area contributed by atoms with Crippen LogP contribution in [-0.2, 0) is 11.2 Å². The second-order valence-corrected chi connectivity index (χ2v) is 4.87. The molecule has 0 fully saturated rings. The van der Waals surface area contributed by atoms with Gasteiger partial charge < -0.3 is 10.1 Å². The molecule has 0 unspecified atom stereocenters. The van der Waals surface area contributed by atoms with Crippen LogP contribution in [0, 0.1) is 0 Å². The molecular weight excluding hydrogens is 306 g/mol. The quantitative estimate of drug-likeness (QED) is 0.797. The Morgan fingerprint density at radius 3 is 2.86 bits per heavy atom. The molecule has 7 heteroatoms. The Morgan fingerprint density at radius 2 is 2.18 bits per heavy atom. The molecule has 0 spiro atoms. The van der Waals surface area contributed by atoms with Gasteiger partial charge in [-0.05, 0) is 25.0 Å². The van der Waals surface area contributed by atoms with Crippen LogP contribution in [0.1, 0.15) is 22.8 Å². The number of nitrogens with one attached hydrogen (secondary N) is 2. The summed E-state index contributed by atoms with van der Waals surface area (Å²) in [5.41, 5.74) is 0.356. The van der Waals surface area contributed by atoms with E-state index in [9.17, 15) is 9.59 Å². The molecule has 2 aromatic rings. The lowest BCUT2D eigenvalue weighted by molar-refractivity contribution is 0.0524. The Morgan fingerprint density at radius 1 is 1.41 bits per heavy atom. The summed E-state index contributed by atoms with van der Waals surface area (Å²) in [5.74, 6) is -0.385. The number of nitrogens with zero attached hydrogens (tertiary/aromatic N) is 1. The van der Waals surface area contributed by atoms with Crippen molar-refractivity contribution in [3.8, 4) is 0 Å². The van der Waals surface area contributed by atoms with Crippen molar-refractivity contribution in [2.24, 2.45) is 0 Å². The normalized spacial score (nSPS) is 10.3. The van der Waals surface area contributed by atoms with Gasteiger partial charge in [-0.1, -0.05) is 29.8 Å². The lowest BCUT2D eigenvalue weighted by Crippen LogP contribution is -2.22. The van der Waals surface area contributed by atoms with Crippen LogP contribution in [0.25, 0.3) is 0 Å². The Kier molecular flexibility index (Phi) is 5.55. The van der Waals surface area contributed by atoms with Crippen molar-refractivity contribution >= 4 is 23.5 Å². The van der Waals surface area contributed by atoms with Crippen molar-refractivity contribution in [1.29, 1.82) is 0 Å². The highest BCUT2D eigenvalue weighted by Gasteiger charge is 2.12. The molecule has 2 N–H and O–H groups in total. The Labute approximate surface area is 132 Å². The van der Waals surface area contributed by atoms with Crippen LogP contribution in [0.15, 0.2) is 35.3 Å². The summed E-state index contributed by atoms with van der Waals surface area (Å²) in [6, 6.07) is 7.54. The molecule has 0 radical (unpaired) electrons. The van der Waals surface area contributed by atoms with Gasteiger partial charge in [0, 0.05) is 11.6 Å². The minimum absolute atomic E-state index is 0.112. The zero-order valence-corrected chi connectivity index (χ0v) is 12.8. The molecule has 0 aliphatic heterocycles. The van der Waals surface area contributed by atoms with E-state index in [1.165, 1.54) is 6.20 Å². The number of halogens is 1. The summed E-state index contributed by atoms with van der Waals surface area (Å²) in [4.78, 5) is 29.8. The molecule has 0 aliphatic rings. The molecule has 116 valence electrons. The van der Waals surface area contributed by atoms with Gasteiger partial charge in [-0.15, -0.1) is 0 Å². The molecule has 1 heterocycles. The number of aromatic amines is 1. The lowest BCUT2D eigenvalue weighted by atomic mass is 10.1. The Balaban J connectivity index is 1.97. The van der Waals surface area contributed by atoms with Gasteiger partial charge in [0.25, 0.3) is 5.56 Å². The summed E-state index contributed by atoms with van der Waals surface area (Å²) < 4.78 is 4.77. The summed E-state index contributed by atoms with van der Waals surface area (Å²) in [6.45, 7) is 2.42. The third-order valence-electron chi connectivity index (χ3n) is 2.94. The summed E-state index contributed by atoms with van der Waals surface area (Å²) in [5, 5.41) is 3.68. The number of carbonyl (C=O) groups is 1. The third kappa shape index (κ3) is 4.08. The second-order valence-electron chi connectivity index (χ2n) is 4.46. The first kappa shape index (κ1) is 16.0. The van der Waals surface area contributed by atoms with Crippen molar-refractivity contribution in [2.45, 2.75) is 13.3 Å². The molecule has 0 atom stereocenters. The Bertz CT molecular complexity index is 715. The number of esters is 1. The van der Waals surface area contributed by atoms with Crippen LogP contribution >= 0.6 is 11.6 Å². The van der Waals surface area contributed by atoms with Gasteiger partial charge in [0.15, 0.2) is 0 Å². The molecule has 0 saturated heterocycles. The molecule has 0 bridgehead atoms. The number of H-pyrrole nitrogens is 1. The first-order chi connectivity index (χ1) is 10.6. The molecule has 0 saturated carbocycles. The fraction of sp³-hybridized carbons (Fsp3) is 0.267. The summed E-state index contributed by atoms with van der Waals surface area (Å²) >= 11 is 6.06. The first-order valence-corrected chi connectivity index (χ1v) is 7.23. The molecule has 22 heavy (non-hydrogen) atoms. The maximum absolute atomic E-state index is 11.8. The van der Waals surface area contributed by atoms with Crippen LogP contribution in [-0.4, -0.2) is 29.1 Å². The molecule has 0 amide bonds. The highest BCUT2D eigenvalue weighted by atomic mass is 35.5. The van der Waals surface area contributed by atoms with Crippen molar-refractivity contribution < 1.29 is 9.53 Å². The van der Waals surface area contributed by atoms with Gasteiger partial charge in [0.2, 0.25) is 5.95 Å². The Hall–Kier alpha value is -2.34. The molecule has 6 nitrogen and oxygen atoms in total. The van der Waals surface area contributed by atoms with E-state index in [0.29, 0.717) is 23.9 Å². The largest absolute Gasteiger partial charge is 0.462 e. The lowest BCUT2D eigenvalue weighted by Gasteiger charge is -2.07. The molecule has 2 rings (SSSR count). The predicted molar refractivity (Wildman–Crippen MR) is 84.5 cm³/mol. The van der Waals surface area contributed by atoms with E-state index in [4.69, 9.17) is 16.3 Å². The number of carbonyl (C=O) groups excluding carboxylic acids is 1. The van der Waals surface area contributed by atoms with Gasteiger partial charge in [-0.3, -0.25) is 9.78 Å². The predicted octanol–water partition coefficient (Wildman–Crippen LogP) is 2.25. The molecule has 1 aromatic heterocycles. The zero-order valence-electron chi connectivity index (χ0n) is 12.1. The smallest absolute Gasteiger partial charge is 0.345 e.